The van der Waals surface area contributed by atoms with Gasteiger partial charge in [0.05, 0.1) is 18.1 Å². The van der Waals surface area contributed by atoms with Crippen LogP contribution in [0.25, 0.3) is 10.9 Å². The number of aromatic nitrogens is 1. The molecule has 0 atom stereocenters. The minimum atomic E-state index is -0.444. The maximum absolute atomic E-state index is 11.1. The molecule has 1 aromatic heterocycles. The van der Waals surface area contributed by atoms with Crippen LogP contribution >= 0.6 is 0 Å². The van der Waals surface area contributed by atoms with Crippen molar-refractivity contribution < 1.29 is 26.7 Å². The smallest absolute Gasteiger partial charge is 0.496 e. The normalized spacial score (nSPS) is 16.7. The van der Waals surface area contributed by atoms with Crippen LogP contribution in [0.15, 0.2) is 24.4 Å². The first-order valence-electron chi connectivity index (χ1n) is 7.70. The molecule has 0 unspecified atom stereocenters. The molecule has 10 radical (unpaired) electrons. The number of methoxy groups -OCH3 is 1. The van der Waals surface area contributed by atoms with Gasteiger partial charge in [0.15, 0.2) is 0 Å². The van der Waals surface area contributed by atoms with Gasteiger partial charge in [-0.05, 0) is 75.5 Å². The molecule has 2 saturated carbocycles. The quantitative estimate of drug-likeness (QED) is 0.454. The number of non-ortho nitro benzene ring substituents is 1. The summed E-state index contributed by atoms with van der Waals surface area (Å²) in [5, 5.41) is 11.8. The van der Waals surface area contributed by atoms with Gasteiger partial charge in [0.2, 0.25) is 0 Å². The van der Waals surface area contributed by atoms with Crippen molar-refractivity contribution >= 4 is 16.6 Å². The standard InChI is InChI=1S/C15H11N2O3.C5H5.Fe/c1-20-13-7-11-6-12(10-4-2-3-5-10)9-16-15(11)14(8-13)17(18)19;1-2-4-5-3-1;/h2-9H,1H3;1-5H;/q;;+2. The van der Waals surface area contributed by atoms with Crippen LogP contribution in [0.2, 0.25) is 0 Å². The van der Waals surface area contributed by atoms with Crippen LogP contribution in [0.1, 0.15) is 5.56 Å². The Hall–Kier alpha value is -1.65. The Morgan fingerprint density at radius 3 is 2.12 bits per heavy atom. The second kappa shape index (κ2) is 9.88. The molecule has 0 saturated heterocycles. The predicted octanol–water partition coefficient (Wildman–Crippen LogP) is 3.92. The third-order valence-electron chi connectivity index (χ3n) is 3.72. The van der Waals surface area contributed by atoms with Gasteiger partial charge in [0.1, 0.15) is 11.3 Å². The number of fused-ring (bicyclic) bond motifs is 1. The van der Waals surface area contributed by atoms with Crippen molar-refractivity contribution in [3.63, 3.8) is 0 Å². The monoisotopic (exact) mass is 388 g/mol. The van der Waals surface area contributed by atoms with E-state index in [0.717, 1.165) is 11.5 Å². The summed E-state index contributed by atoms with van der Waals surface area (Å²) < 4.78 is 5.11. The van der Waals surface area contributed by atoms with Crippen LogP contribution in [-0.4, -0.2) is 17.0 Å². The minimum Gasteiger partial charge on any atom is -0.496 e. The Labute approximate surface area is 165 Å². The molecule has 0 N–H and O–H groups in total. The molecule has 2 aromatic rings. The molecular formula is C20H16FeN2O3+2. The van der Waals surface area contributed by atoms with E-state index < -0.39 is 4.92 Å². The van der Waals surface area contributed by atoms with Gasteiger partial charge in [-0.25, -0.2) is 4.98 Å². The molecule has 0 spiro atoms. The molecule has 0 amide bonds. The Morgan fingerprint density at radius 2 is 1.58 bits per heavy atom. The SMILES string of the molecule is COc1cc([N+](=O)[O-])c2ncc([C]3[CH][CH][CH][CH]3)cc2c1.[CH]1[CH][CH][CH][CH]1.[Fe+2]. The molecule has 4 rings (SSSR count). The van der Waals surface area contributed by atoms with Crippen molar-refractivity contribution in [3.8, 4) is 5.75 Å². The number of rotatable bonds is 3. The van der Waals surface area contributed by atoms with Crippen molar-refractivity contribution in [1.82, 2.24) is 4.98 Å². The molecular weight excluding hydrogens is 372 g/mol. The first-order valence-corrected chi connectivity index (χ1v) is 7.70. The van der Waals surface area contributed by atoms with Gasteiger partial charge in [0, 0.05) is 17.5 Å². The van der Waals surface area contributed by atoms with Gasteiger partial charge >= 0.3 is 17.1 Å². The number of hydrogen-bond acceptors (Lipinski definition) is 4. The van der Waals surface area contributed by atoms with E-state index in [1.54, 1.807) is 12.3 Å². The molecule has 1 heterocycles. The zero-order valence-corrected chi connectivity index (χ0v) is 15.1. The van der Waals surface area contributed by atoms with Crippen molar-refractivity contribution in [2.45, 2.75) is 0 Å². The van der Waals surface area contributed by atoms with Crippen LogP contribution in [0.5, 0.6) is 5.75 Å². The first kappa shape index (κ1) is 20.7. The van der Waals surface area contributed by atoms with E-state index >= 15 is 0 Å². The van der Waals surface area contributed by atoms with Crippen molar-refractivity contribution in [2.75, 3.05) is 7.11 Å². The summed E-state index contributed by atoms with van der Waals surface area (Å²) in [6.45, 7) is 0. The van der Waals surface area contributed by atoms with Gasteiger partial charge < -0.3 is 4.74 Å². The number of nitro groups is 1. The van der Waals surface area contributed by atoms with Crippen LogP contribution in [0.4, 0.5) is 5.69 Å². The first-order chi connectivity index (χ1) is 12.2. The fourth-order valence-electron chi connectivity index (χ4n) is 2.51. The third kappa shape index (κ3) is 4.95. The van der Waals surface area contributed by atoms with E-state index in [-0.39, 0.29) is 22.8 Å². The summed E-state index contributed by atoms with van der Waals surface area (Å²) in [4.78, 5) is 14.9. The molecule has 2 fully saturated rings. The maximum Gasteiger partial charge on any atom is 2.00 e. The van der Waals surface area contributed by atoms with E-state index in [0.29, 0.717) is 16.7 Å². The summed E-state index contributed by atoms with van der Waals surface area (Å²) in [6.07, 6.45) is 19.5. The Morgan fingerprint density at radius 1 is 0.962 bits per heavy atom. The number of nitrogens with zero attached hydrogens (tertiary/aromatic N) is 2. The molecule has 5 nitrogen and oxygen atoms in total. The van der Waals surface area contributed by atoms with Crippen LogP contribution in [-0.2, 0) is 17.1 Å². The molecule has 6 heteroatoms. The topological polar surface area (TPSA) is 65.3 Å². The van der Waals surface area contributed by atoms with Gasteiger partial charge in [-0.3, -0.25) is 10.1 Å². The Kier molecular flexibility index (Phi) is 7.85. The summed E-state index contributed by atoms with van der Waals surface area (Å²) in [6, 6.07) is 5.02. The number of hydrogen-bond donors (Lipinski definition) is 0. The molecule has 26 heavy (non-hydrogen) atoms. The van der Waals surface area contributed by atoms with Gasteiger partial charge in [-0.15, -0.1) is 0 Å². The number of ether oxygens (including phenoxy) is 1. The summed E-state index contributed by atoms with van der Waals surface area (Å²) in [5.74, 6) is 1.48. The van der Waals surface area contributed by atoms with E-state index in [9.17, 15) is 10.1 Å². The number of nitro benzene ring substituents is 1. The van der Waals surface area contributed by atoms with Crippen molar-refractivity contribution in [2.24, 2.45) is 0 Å². The van der Waals surface area contributed by atoms with Gasteiger partial charge in [-0.1, -0.05) is 0 Å². The zero-order valence-electron chi connectivity index (χ0n) is 14.0. The van der Waals surface area contributed by atoms with E-state index in [1.165, 1.54) is 13.2 Å². The summed E-state index contributed by atoms with van der Waals surface area (Å²) in [7, 11) is 1.49. The fourth-order valence-corrected chi connectivity index (χ4v) is 2.51. The predicted molar refractivity (Wildman–Crippen MR) is 96.0 cm³/mol. The van der Waals surface area contributed by atoms with Crippen LogP contribution in [0.3, 0.4) is 0 Å². The molecule has 0 aliphatic heterocycles. The molecule has 130 valence electrons. The number of pyridine rings is 1. The molecule has 2 aliphatic rings. The largest absolute Gasteiger partial charge is 2.00 e. The average molecular weight is 388 g/mol. The summed E-state index contributed by atoms with van der Waals surface area (Å²) >= 11 is 0. The van der Waals surface area contributed by atoms with Crippen LogP contribution in [0, 0.1) is 73.8 Å². The van der Waals surface area contributed by atoms with Gasteiger partial charge in [-0.2, -0.15) is 0 Å². The van der Waals surface area contributed by atoms with Crippen molar-refractivity contribution in [1.29, 1.82) is 0 Å². The van der Waals surface area contributed by atoms with Gasteiger partial charge in [0.25, 0.3) is 5.69 Å². The van der Waals surface area contributed by atoms with E-state index in [1.807, 2.05) is 63.9 Å². The maximum atomic E-state index is 11.1. The second-order valence-electron chi connectivity index (χ2n) is 5.34. The molecule has 2 aliphatic carbocycles. The Bertz CT molecular complexity index is 734. The fraction of sp³-hybridized carbons (Fsp3) is 0.0500. The molecule has 1 aromatic carbocycles. The van der Waals surface area contributed by atoms with E-state index in [2.05, 4.69) is 4.98 Å². The zero-order chi connectivity index (χ0) is 17.6. The number of benzene rings is 1. The molecule has 0 bridgehead atoms. The Balaban J connectivity index is 0.000000351. The second-order valence-corrected chi connectivity index (χ2v) is 5.34. The summed E-state index contributed by atoms with van der Waals surface area (Å²) in [5.41, 5.74) is 1.24. The third-order valence-corrected chi connectivity index (χ3v) is 3.72. The average Bonchev–Trinajstić information content (AvgIpc) is 3.35. The van der Waals surface area contributed by atoms with Crippen LogP contribution < -0.4 is 4.74 Å². The van der Waals surface area contributed by atoms with Crippen molar-refractivity contribution in [3.05, 3.63) is 104 Å². The minimum absolute atomic E-state index is 0. The van der Waals surface area contributed by atoms with E-state index in [4.69, 9.17) is 4.74 Å².